The summed E-state index contributed by atoms with van der Waals surface area (Å²) in [4.78, 5) is 22.5. The second kappa shape index (κ2) is 6.87. The number of hydrogen-bond donors (Lipinski definition) is 2. The van der Waals surface area contributed by atoms with E-state index in [1.165, 1.54) is 24.3 Å². The van der Waals surface area contributed by atoms with Crippen LogP contribution in [0.5, 0.6) is 0 Å². The summed E-state index contributed by atoms with van der Waals surface area (Å²) in [6, 6.07) is 4.83. The van der Waals surface area contributed by atoms with Crippen LogP contribution in [0.4, 0.5) is 4.39 Å². The van der Waals surface area contributed by atoms with Gasteiger partial charge in [0.15, 0.2) is 0 Å². The summed E-state index contributed by atoms with van der Waals surface area (Å²) in [5.74, 6) is -1.42. The molecule has 0 saturated carbocycles. The van der Waals surface area contributed by atoms with Crippen molar-refractivity contribution in [2.24, 2.45) is 5.92 Å². The first-order valence-electron chi connectivity index (χ1n) is 6.15. The molecule has 1 unspecified atom stereocenters. The highest BCUT2D eigenvalue weighted by molar-refractivity contribution is 5.77. The topological polar surface area (TPSA) is 66.4 Å². The summed E-state index contributed by atoms with van der Waals surface area (Å²) in [7, 11) is 0. The molecule has 19 heavy (non-hydrogen) atoms. The van der Waals surface area contributed by atoms with Crippen LogP contribution in [0, 0.1) is 11.7 Å². The van der Waals surface area contributed by atoms with Gasteiger partial charge in [-0.2, -0.15) is 0 Å². The minimum absolute atomic E-state index is 0.193. The van der Waals surface area contributed by atoms with Crippen molar-refractivity contribution in [1.82, 2.24) is 5.32 Å². The molecule has 0 aliphatic rings. The van der Waals surface area contributed by atoms with Gasteiger partial charge in [-0.05, 0) is 23.6 Å². The number of amides is 1. The molecule has 104 valence electrons. The summed E-state index contributed by atoms with van der Waals surface area (Å²) < 4.78 is 12.8. The van der Waals surface area contributed by atoms with Crippen LogP contribution in [0.2, 0.25) is 0 Å². The number of carboxylic acids is 1. The summed E-state index contributed by atoms with van der Waals surface area (Å²) in [6.45, 7) is 3.81. The molecule has 1 aromatic rings. The minimum atomic E-state index is -1.01. The average molecular weight is 267 g/mol. The minimum Gasteiger partial charge on any atom is -0.481 e. The number of hydrogen-bond acceptors (Lipinski definition) is 2. The molecule has 1 amide bonds. The van der Waals surface area contributed by atoms with E-state index in [2.05, 4.69) is 5.32 Å². The van der Waals surface area contributed by atoms with E-state index < -0.39 is 17.8 Å². The highest BCUT2D eigenvalue weighted by atomic mass is 19.1. The van der Waals surface area contributed by atoms with Crippen LogP contribution in [0.1, 0.15) is 38.3 Å². The largest absolute Gasteiger partial charge is 0.481 e. The third-order valence-electron chi connectivity index (χ3n) is 2.58. The molecule has 0 radical (unpaired) electrons. The van der Waals surface area contributed by atoms with E-state index in [0.717, 1.165) is 0 Å². The van der Waals surface area contributed by atoms with Gasteiger partial charge < -0.3 is 10.4 Å². The molecule has 1 aromatic carbocycles. The number of carboxylic acid groups (broad SMARTS) is 1. The van der Waals surface area contributed by atoms with E-state index in [9.17, 15) is 14.0 Å². The molecular weight excluding hydrogens is 249 g/mol. The van der Waals surface area contributed by atoms with Crippen LogP contribution >= 0.6 is 0 Å². The lowest BCUT2D eigenvalue weighted by Crippen LogP contribution is -2.30. The summed E-state index contributed by atoms with van der Waals surface area (Å²) >= 11 is 0. The Balaban J connectivity index is 2.79. The van der Waals surface area contributed by atoms with Gasteiger partial charge in [-0.3, -0.25) is 9.59 Å². The first-order valence-corrected chi connectivity index (χ1v) is 6.15. The van der Waals surface area contributed by atoms with Crippen molar-refractivity contribution in [3.63, 3.8) is 0 Å². The Hall–Kier alpha value is -1.91. The number of nitrogens with one attached hydrogen (secondary N) is 1. The first kappa shape index (κ1) is 15.1. The standard InChI is InChI=1S/C14H18FNO3/c1-9(2)7-13(17)16-12(8-14(18)19)10-3-5-11(15)6-4-10/h3-6,9,12H,7-8H2,1-2H3,(H,16,17)(H,18,19). The van der Waals surface area contributed by atoms with Crippen LogP contribution < -0.4 is 5.32 Å². The maximum atomic E-state index is 12.8. The molecule has 0 spiro atoms. The van der Waals surface area contributed by atoms with Gasteiger partial charge in [-0.15, -0.1) is 0 Å². The van der Waals surface area contributed by atoms with Crippen molar-refractivity contribution in [3.8, 4) is 0 Å². The molecule has 4 nitrogen and oxygen atoms in total. The molecule has 0 saturated heterocycles. The zero-order valence-electron chi connectivity index (χ0n) is 11.0. The van der Waals surface area contributed by atoms with E-state index in [4.69, 9.17) is 5.11 Å². The van der Waals surface area contributed by atoms with Crippen LogP contribution in [0.15, 0.2) is 24.3 Å². The second-order valence-corrected chi connectivity index (χ2v) is 4.87. The van der Waals surface area contributed by atoms with E-state index in [1.807, 2.05) is 13.8 Å². The van der Waals surface area contributed by atoms with E-state index >= 15 is 0 Å². The molecule has 0 heterocycles. The predicted octanol–water partition coefficient (Wildman–Crippen LogP) is 2.50. The molecule has 1 rings (SSSR count). The van der Waals surface area contributed by atoms with E-state index in [1.54, 1.807) is 0 Å². The molecule has 0 fully saturated rings. The SMILES string of the molecule is CC(C)CC(=O)NC(CC(=O)O)c1ccc(F)cc1. The van der Waals surface area contributed by atoms with Gasteiger partial charge in [-0.25, -0.2) is 4.39 Å². The predicted molar refractivity (Wildman–Crippen MR) is 69.0 cm³/mol. The van der Waals surface area contributed by atoms with E-state index in [0.29, 0.717) is 12.0 Å². The normalized spacial score (nSPS) is 12.2. The molecule has 0 bridgehead atoms. The quantitative estimate of drug-likeness (QED) is 0.832. The van der Waals surface area contributed by atoms with Gasteiger partial charge >= 0.3 is 5.97 Å². The number of carbonyl (C=O) groups excluding carboxylic acids is 1. The monoisotopic (exact) mass is 267 g/mol. The van der Waals surface area contributed by atoms with Gasteiger partial charge in [0.2, 0.25) is 5.91 Å². The number of carbonyl (C=O) groups is 2. The fourth-order valence-electron chi connectivity index (χ4n) is 1.75. The smallest absolute Gasteiger partial charge is 0.305 e. The second-order valence-electron chi connectivity index (χ2n) is 4.87. The lowest BCUT2D eigenvalue weighted by molar-refractivity contribution is -0.137. The Morgan fingerprint density at radius 2 is 1.79 bits per heavy atom. The van der Waals surface area contributed by atoms with Gasteiger partial charge in [0.1, 0.15) is 5.82 Å². The number of aliphatic carboxylic acids is 1. The van der Waals surface area contributed by atoms with Crippen molar-refractivity contribution >= 4 is 11.9 Å². The molecule has 0 aliphatic heterocycles. The van der Waals surface area contributed by atoms with Gasteiger partial charge in [0, 0.05) is 6.42 Å². The first-order chi connectivity index (χ1) is 8.88. The fraction of sp³-hybridized carbons (Fsp3) is 0.429. The van der Waals surface area contributed by atoms with Crippen molar-refractivity contribution in [3.05, 3.63) is 35.6 Å². The van der Waals surface area contributed by atoms with Crippen LogP contribution in [0.3, 0.4) is 0 Å². The van der Waals surface area contributed by atoms with Crippen molar-refractivity contribution < 1.29 is 19.1 Å². The Morgan fingerprint density at radius 1 is 1.21 bits per heavy atom. The Morgan fingerprint density at radius 3 is 2.26 bits per heavy atom. The number of rotatable bonds is 6. The summed E-state index contributed by atoms with van der Waals surface area (Å²) in [5.41, 5.74) is 0.584. The third kappa shape index (κ3) is 5.50. The zero-order valence-corrected chi connectivity index (χ0v) is 11.0. The van der Waals surface area contributed by atoms with Gasteiger partial charge in [0.25, 0.3) is 0 Å². The Kier molecular flexibility index (Phi) is 5.48. The maximum absolute atomic E-state index is 12.8. The molecule has 5 heteroatoms. The number of halogens is 1. The maximum Gasteiger partial charge on any atom is 0.305 e. The van der Waals surface area contributed by atoms with Crippen LogP contribution in [0.25, 0.3) is 0 Å². The van der Waals surface area contributed by atoms with Gasteiger partial charge in [-0.1, -0.05) is 26.0 Å². The number of benzene rings is 1. The van der Waals surface area contributed by atoms with Gasteiger partial charge in [0.05, 0.1) is 12.5 Å². The lowest BCUT2D eigenvalue weighted by Gasteiger charge is -2.18. The highest BCUT2D eigenvalue weighted by Crippen LogP contribution is 2.18. The van der Waals surface area contributed by atoms with Crippen molar-refractivity contribution in [2.75, 3.05) is 0 Å². The third-order valence-corrected chi connectivity index (χ3v) is 2.58. The molecule has 0 aromatic heterocycles. The van der Waals surface area contributed by atoms with E-state index in [-0.39, 0.29) is 18.2 Å². The van der Waals surface area contributed by atoms with Crippen LogP contribution in [-0.2, 0) is 9.59 Å². The molecular formula is C14H18FNO3. The Bertz CT molecular complexity index is 443. The summed E-state index contributed by atoms with van der Waals surface area (Å²) in [5, 5.41) is 11.5. The van der Waals surface area contributed by atoms with Crippen LogP contribution in [-0.4, -0.2) is 17.0 Å². The average Bonchev–Trinajstić information content (AvgIpc) is 2.27. The summed E-state index contributed by atoms with van der Waals surface area (Å²) in [6.07, 6.45) is 0.104. The lowest BCUT2D eigenvalue weighted by atomic mass is 10.0. The molecule has 0 aliphatic carbocycles. The molecule has 2 N–H and O–H groups in total. The highest BCUT2D eigenvalue weighted by Gasteiger charge is 2.18. The Labute approximate surface area is 111 Å². The fourth-order valence-corrected chi connectivity index (χ4v) is 1.75. The molecule has 1 atom stereocenters. The van der Waals surface area contributed by atoms with Crippen molar-refractivity contribution in [2.45, 2.75) is 32.7 Å². The zero-order chi connectivity index (χ0) is 14.4. The van der Waals surface area contributed by atoms with Crippen molar-refractivity contribution in [1.29, 1.82) is 0 Å².